The Morgan fingerprint density at radius 3 is 2.27 bits per heavy atom. The summed E-state index contributed by atoms with van der Waals surface area (Å²) >= 11 is 2.55. The molecule has 0 aliphatic heterocycles. The topological polar surface area (TPSA) is 9.23 Å². The van der Waals surface area contributed by atoms with Gasteiger partial charge in [-0.2, -0.15) is 0 Å². The van der Waals surface area contributed by atoms with Crippen LogP contribution in [-0.4, -0.2) is 7.04 Å². The smallest absolute Gasteiger partial charge is 0.310 e. The van der Waals surface area contributed by atoms with E-state index in [1.54, 1.807) is 0 Å². The third-order valence-corrected chi connectivity index (χ3v) is 3.22. The zero-order valence-electron chi connectivity index (χ0n) is 9.82. The Bertz CT molecular complexity index is 485. The van der Waals surface area contributed by atoms with Crippen LogP contribution in [0.2, 0.25) is 0 Å². The van der Waals surface area contributed by atoms with Crippen molar-refractivity contribution in [3.63, 3.8) is 0 Å². The number of methoxy groups -OCH3 is 1. The fourth-order valence-corrected chi connectivity index (χ4v) is 2.08. The Kier molecular flexibility index (Phi) is 1.60. The second-order valence-corrected chi connectivity index (χ2v) is 5.93. The van der Waals surface area contributed by atoms with Gasteiger partial charge in [-0.25, -0.2) is 0 Å². The van der Waals surface area contributed by atoms with Crippen molar-refractivity contribution in [3.05, 3.63) is 22.7 Å². The molecule has 0 bridgehead atoms. The number of rotatable bonds is 2. The minimum Gasteiger partial charge on any atom is -0.496 e. The van der Waals surface area contributed by atoms with Crippen LogP contribution in [0.1, 0.15) is 4.11 Å². The molecule has 0 saturated carbocycles. The largest absolute Gasteiger partial charge is 0.496 e. The molecule has 0 atom stereocenters. The summed E-state index contributed by atoms with van der Waals surface area (Å²) < 4.78 is 86.2. The zero-order valence-corrected chi connectivity index (χ0v) is 9.22. The molecule has 1 aromatic carbocycles. The summed E-state index contributed by atoms with van der Waals surface area (Å²) in [6.07, 6.45) is 0. The molecule has 8 heteroatoms. The molecular weight excluding hydrogens is 307 g/mol. The summed E-state index contributed by atoms with van der Waals surface area (Å²) in [5.74, 6) is -0.486. The van der Waals surface area contributed by atoms with E-state index in [1.165, 1.54) is 0 Å². The molecule has 0 N–H and O–H groups in total. The minimum atomic E-state index is -9.78. The van der Waals surface area contributed by atoms with Crippen LogP contribution in [0.3, 0.4) is 0 Å². The number of halogens is 6. The van der Waals surface area contributed by atoms with Crippen LogP contribution in [0.4, 0.5) is 19.4 Å². The fourth-order valence-electron chi connectivity index (χ4n) is 0.804. The van der Waals surface area contributed by atoms with Crippen LogP contribution in [0.15, 0.2) is 27.6 Å². The summed E-state index contributed by atoms with van der Waals surface area (Å²) in [7, 11) is -12.7. The van der Waals surface area contributed by atoms with Crippen molar-refractivity contribution in [2.75, 3.05) is 7.04 Å². The summed E-state index contributed by atoms with van der Waals surface area (Å²) in [4.78, 5) is -2.13. The Labute approximate surface area is 95.3 Å². The van der Waals surface area contributed by atoms with Gasteiger partial charge in [0.25, 0.3) is 0 Å². The predicted molar refractivity (Wildman–Crippen MR) is 52.1 cm³/mol. The van der Waals surface area contributed by atoms with Crippen molar-refractivity contribution in [1.29, 1.82) is 0 Å². The van der Waals surface area contributed by atoms with Gasteiger partial charge in [-0.05, 0) is 34.1 Å². The maximum Gasteiger partial charge on any atom is 0.310 e. The van der Waals surface area contributed by atoms with Crippen molar-refractivity contribution in [3.8, 4) is 5.75 Å². The summed E-state index contributed by atoms with van der Waals surface area (Å²) in [5, 5.41) is 0. The molecular formula is C7H6BrF5OS. The van der Waals surface area contributed by atoms with Crippen molar-refractivity contribution < 1.29 is 28.3 Å². The van der Waals surface area contributed by atoms with E-state index in [-0.39, 0.29) is 12.1 Å². The van der Waals surface area contributed by atoms with Crippen LogP contribution < -0.4 is 4.74 Å². The lowest BCUT2D eigenvalue weighted by Crippen LogP contribution is -2.05. The molecule has 0 spiro atoms. The van der Waals surface area contributed by atoms with Crippen LogP contribution in [-0.2, 0) is 0 Å². The van der Waals surface area contributed by atoms with Gasteiger partial charge in [0.2, 0.25) is 0 Å². The Morgan fingerprint density at radius 1 is 1.27 bits per heavy atom. The number of hydrogen-bond acceptors (Lipinski definition) is 1. The SMILES string of the molecule is [2H]C([2H])([2H])Oc1ccc(S(F)(F)(F)(F)F)cc1Br. The molecule has 0 heterocycles. The number of benzene rings is 1. The van der Waals surface area contributed by atoms with E-state index < -0.39 is 32.4 Å². The predicted octanol–water partition coefficient (Wildman–Crippen LogP) is 5.12. The Balaban J connectivity index is 3.25. The zero-order chi connectivity index (χ0) is 14.5. The monoisotopic (exact) mass is 315 g/mol. The lowest BCUT2D eigenvalue weighted by molar-refractivity contribution is 0.363. The molecule has 0 unspecified atom stereocenters. The molecule has 1 aromatic rings. The molecule has 0 aromatic heterocycles. The first-order valence-corrected chi connectivity index (χ1v) is 6.06. The second kappa shape index (κ2) is 2.79. The second-order valence-electron chi connectivity index (χ2n) is 2.66. The van der Waals surface area contributed by atoms with Gasteiger partial charge in [0.15, 0.2) is 0 Å². The van der Waals surface area contributed by atoms with E-state index in [0.717, 1.165) is 0 Å². The fraction of sp³-hybridized carbons (Fsp3) is 0.143. The molecule has 0 aliphatic rings. The van der Waals surface area contributed by atoms with Gasteiger partial charge in [0.05, 0.1) is 15.6 Å². The standard InChI is InChI=1S/C7H6BrF5OS/c1-14-7-3-2-5(4-6(7)8)15(9,10,11,12)13/h2-4H,1H3/i1D3. The Hall–Kier alpha value is -0.500. The summed E-state index contributed by atoms with van der Waals surface area (Å²) in [6.45, 7) is 0. The van der Waals surface area contributed by atoms with Crippen molar-refractivity contribution in [2.24, 2.45) is 0 Å². The lowest BCUT2D eigenvalue weighted by atomic mass is 10.3. The van der Waals surface area contributed by atoms with E-state index in [0.29, 0.717) is 6.07 Å². The van der Waals surface area contributed by atoms with Crippen LogP contribution >= 0.6 is 26.2 Å². The summed E-state index contributed by atoms with van der Waals surface area (Å²) in [6, 6.07) is 0.680. The molecule has 0 saturated heterocycles. The van der Waals surface area contributed by atoms with E-state index in [2.05, 4.69) is 20.7 Å². The van der Waals surface area contributed by atoms with Gasteiger partial charge < -0.3 is 4.74 Å². The van der Waals surface area contributed by atoms with Gasteiger partial charge in [-0.1, -0.05) is 19.4 Å². The van der Waals surface area contributed by atoms with E-state index in [9.17, 15) is 19.4 Å². The van der Waals surface area contributed by atoms with Crippen molar-refractivity contribution in [1.82, 2.24) is 0 Å². The quantitative estimate of drug-likeness (QED) is 0.689. The van der Waals surface area contributed by atoms with Gasteiger partial charge in [-0.3, -0.25) is 0 Å². The first-order valence-electron chi connectivity index (χ1n) is 4.81. The molecule has 0 amide bonds. The average molecular weight is 316 g/mol. The Morgan fingerprint density at radius 2 is 1.87 bits per heavy atom. The van der Waals surface area contributed by atoms with E-state index >= 15 is 0 Å². The third kappa shape index (κ3) is 2.97. The normalized spacial score (nSPS) is 20.5. The first kappa shape index (κ1) is 8.63. The molecule has 15 heavy (non-hydrogen) atoms. The van der Waals surface area contributed by atoms with Gasteiger partial charge in [0, 0.05) is 0 Å². The van der Waals surface area contributed by atoms with Crippen LogP contribution in [0.5, 0.6) is 5.75 Å². The number of ether oxygens (including phenoxy) is 1. The first-order chi connectivity index (χ1) is 7.58. The van der Waals surface area contributed by atoms with Gasteiger partial charge in [0.1, 0.15) is 10.6 Å². The molecule has 1 rings (SSSR count). The minimum absolute atomic E-state index is 0.0768. The highest BCUT2D eigenvalue weighted by Gasteiger charge is 2.65. The highest BCUT2D eigenvalue weighted by molar-refractivity contribution is 9.10. The maximum atomic E-state index is 12.4. The molecule has 88 valence electrons. The molecule has 0 fully saturated rings. The highest BCUT2D eigenvalue weighted by atomic mass is 79.9. The van der Waals surface area contributed by atoms with Crippen molar-refractivity contribution >= 4 is 26.2 Å². The highest BCUT2D eigenvalue weighted by Crippen LogP contribution is 3.02. The average Bonchev–Trinajstić information content (AvgIpc) is 2.01. The van der Waals surface area contributed by atoms with Gasteiger partial charge >= 0.3 is 10.2 Å². The van der Waals surface area contributed by atoms with Crippen molar-refractivity contribution in [2.45, 2.75) is 4.90 Å². The molecule has 0 radical (unpaired) electrons. The lowest BCUT2D eigenvalue weighted by Gasteiger charge is -2.40. The molecule has 0 aliphatic carbocycles. The summed E-state index contributed by atoms with van der Waals surface area (Å²) in [5.41, 5.74) is 0. The van der Waals surface area contributed by atoms with E-state index in [4.69, 9.17) is 4.11 Å². The van der Waals surface area contributed by atoms with E-state index in [1.807, 2.05) is 0 Å². The third-order valence-electron chi connectivity index (χ3n) is 1.46. The van der Waals surface area contributed by atoms with Crippen LogP contribution in [0, 0.1) is 0 Å². The maximum absolute atomic E-state index is 12.4. The van der Waals surface area contributed by atoms with Crippen LogP contribution in [0.25, 0.3) is 0 Å². The van der Waals surface area contributed by atoms with Gasteiger partial charge in [-0.15, -0.1) is 0 Å². The number of hydrogen-bond donors (Lipinski definition) is 0. The molecule has 1 nitrogen and oxygen atoms in total.